The molecule has 1 amide bonds. The molecule has 1 aromatic carbocycles. The molecular formula is C20H25ClN4O3. The molecule has 3 rings (SSSR count). The lowest BCUT2D eigenvalue weighted by atomic mass is 10.1. The van der Waals surface area contributed by atoms with Crippen molar-refractivity contribution in [2.24, 2.45) is 0 Å². The molecule has 0 bridgehead atoms. The van der Waals surface area contributed by atoms with E-state index in [4.69, 9.17) is 21.1 Å². The zero-order chi connectivity index (χ0) is 20.3. The van der Waals surface area contributed by atoms with Crippen molar-refractivity contribution in [1.82, 2.24) is 14.9 Å². The Morgan fingerprint density at radius 2 is 1.96 bits per heavy atom. The molecule has 1 aliphatic heterocycles. The van der Waals surface area contributed by atoms with Crippen molar-refractivity contribution < 1.29 is 14.3 Å². The first-order chi connectivity index (χ1) is 13.2. The van der Waals surface area contributed by atoms with E-state index in [9.17, 15) is 4.79 Å². The number of benzene rings is 1. The van der Waals surface area contributed by atoms with Gasteiger partial charge in [0.05, 0.1) is 19.3 Å². The van der Waals surface area contributed by atoms with E-state index < -0.39 is 5.60 Å². The normalized spacial score (nSPS) is 13.7. The van der Waals surface area contributed by atoms with Gasteiger partial charge in [0.2, 0.25) is 5.28 Å². The highest BCUT2D eigenvalue weighted by Crippen LogP contribution is 2.26. The van der Waals surface area contributed by atoms with Crippen molar-refractivity contribution in [3.63, 3.8) is 0 Å². The van der Waals surface area contributed by atoms with E-state index in [1.807, 2.05) is 45.0 Å². The number of amides is 1. The number of hydrogen-bond acceptors (Lipinski definition) is 6. The highest BCUT2D eigenvalue weighted by molar-refractivity contribution is 6.28. The molecule has 1 N–H and O–H groups in total. The maximum atomic E-state index is 12.4. The van der Waals surface area contributed by atoms with Gasteiger partial charge in [-0.25, -0.2) is 14.8 Å². The summed E-state index contributed by atoms with van der Waals surface area (Å²) in [6.07, 6.45) is 0.289. The first-order valence-electron chi connectivity index (χ1n) is 9.15. The number of hydrogen-bond donors (Lipinski definition) is 1. The second-order valence-electron chi connectivity index (χ2n) is 7.62. The fourth-order valence-corrected chi connectivity index (χ4v) is 3.14. The van der Waals surface area contributed by atoms with E-state index in [0.717, 1.165) is 22.6 Å². The third-order valence-corrected chi connectivity index (χ3v) is 4.48. The summed E-state index contributed by atoms with van der Waals surface area (Å²) < 4.78 is 10.6. The van der Waals surface area contributed by atoms with Gasteiger partial charge in [-0.2, -0.15) is 0 Å². The Morgan fingerprint density at radius 3 is 2.61 bits per heavy atom. The molecule has 0 saturated heterocycles. The van der Waals surface area contributed by atoms with Crippen LogP contribution in [0, 0.1) is 0 Å². The Labute approximate surface area is 170 Å². The molecule has 0 saturated carbocycles. The van der Waals surface area contributed by atoms with E-state index in [-0.39, 0.29) is 11.4 Å². The molecule has 0 atom stereocenters. The van der Waals surface area contributed by atoms with Crippen LogP contribution in [-0.4, -0.2) is 40.2 Å². The van der Waals surface area contributed by atoms with Crippen molar-refractivity contribution in [3.8, 4) is 5.75 Å². The van der Waals surface area contributed by atoms with Crippen LogP contribution in [0.5, 0.6) is 5.75 Å². The second-order valence-corrected chi connectivity index (χ2v) is 7.96. The summed E-state index contributed by atoms with van der Waals surface area (Å²) in [6, 6.07) is 7.81. The first-order valence-corrected chi connectivity index (χ1v) is 9.53. The minimum absolute atomic E-state index is 0.155. The molecule has 1 aromatic heterocycles. The zero-order valence-electron chi connectivity index (χ0n) is 16.6. The van der Waals surface area contributed by atoms with Gasteiger partial charge in [0.15, 0.2) is 0 Å². The number of nitrogens with zero attached hydrogens (tertiary/aromatic N) is 3. The van der Waals surface area contributed by atoms with Crippen molar-refractivity contribution in [2.45, 2.75) is 45.9 Å². The van der Waals surface area contributed by atoms with Crippen molar-refractivity contribution in [1.29, 1.82) is 0 Å². The quantitative estimate of drug-likeness (QED) is 0.775. The molecule has 0 fully saturated rings. The van der Waals surface area contributed by atoms with Gasteiger partial charge in [-0.1, -0.05) is 12.1 Å². The smallest absolute Gasteiger partial charge is 0.410 e. The van der Waals surface area contributed by atoms with Crippen molar-refractivity contribution in [2.75, 3.05) is 19.0 Å². The fourth-order valence-electron chi connectivity index (χ4n) is 2.96. The van der Waals surface area contributed by atoms with Crippen molar-refractivity contribution in [3.05, 3.63) is 46.4 Å². The predicted octanol–water partition coefficient (Wildman–Crippen LogP) is 4.04. The number of fused-ring (bicyclic) bond motifs is 1. The number of nitrogens with one attached hydrogen (secondary N) is 1. The SMILES string of the molecule is COc1ccc(CNc2nc(Cl)nc3c2CCN(C(=O)OC(C)(C)C)C3)cc1. The molecular weight excluding hydrogens is 380 g/mol. The van der Waals surface area contributed by atoms with Gasteiger partial charge in [-0.05, 0) is 56.5 Å². The van der Waals surface area contributed by atoms with Crippen LogP contribution >= 0.6 is 11.6 Å². The van der Waals surface area contributed by atoms with Crippen LogP contribution in [-0.2, 0) is 24.2 Å². The number of methoxy groups -OCH3 is 1. The summed E-state index contributed by atoms with van der Waals surface area (Å²) in [5.41, 5.74) is 2.29. The van der Waals surface area contributed by atoms with Gasteiger partial charge in [0.25, 0.3) is 0 Å². The van der Waals surface area contributed by atoms with Gasteiger partial charge in [-0.15, -0.1) is 0 Å². The lowest BCUT2D eigenvalue weighted by Crippen LogP contribution is -2.40. The van der Waals surface area contributed by atoms with Gasteiger partial charge in [0, 0.05) is 18.7 Å². The van der Waals surface area contributed by atoms with Gasteiger partial charge in [0.1, 0.15) is 17.2 Å². The largest absolute Gasteiger partial charge is 0.497 e. The summed E-state index contributed by atoms with van der Waals surface area (Å²) >= 11 is 6.12. The summed E-state index contributed by atoms with van der Waals surface area (Å²) in [4.78, 5) is 22.7. The fraction of sp³-hybridized carbons (Fsp3) is 0.450. The molecule has 2 heterocycles. The minimum atomic E-state index is -0.536. The lowest BCUT2D eigenvalue weighted by molar-refractivity contribution is 0.0221. The Balaban J connectivity index is 1.72. The van der Waals surface area contributed by atoms with Crippen LogP contribution in [0.4, 0.5) is 10.6 Å². The average molecular weight is 405 g/mol. The minimum Gasteiger partial charge on any atom is -0.497 e. The molecule has 8 heteroatoms. The maximum Gasteiger partial charge on any atom is 0.410 e. The third-order valence-electron chi connectivity index (χ3n) is 4.31. The number of aromatic nitrogens is 2. The zero-order valence-corrected chi connectivity index (χ0v) is 17.3. The van der Waals surface area contributed by atoms with E-state index >= 15 is 0 Å². The number of carbonyl (C=O) groups excluding carboxylic acids is 1. The number of carbonyl (C=O) groups is 1. The van der Waals surface area contributed by atoms with Crippen LogP contribution < -0.4 is 10.1 Å². The summed E-state index contributed by atoms with van der Waals surface area (Å²) in [7, 11) is 1.64. The van der Waals surface area contributed by atoms with Crippen LogP contribution in [0.3, 0.4) is 0 Å². The third kappa shape index (κ3) is 5.04. The van der Waals surface area contributed by atoms with Crippen LogP contribution in [0.1, 0.15) is 37.6 Å². The topological polar surface area (TPSA) is 76.6 Å². The van der Waals surface area contributed by atoms with Gasteiger partial charge in [-0.3, -0.25) is 0 Å². The van der Waals surface area contributed by atoms with Crippen molar-refractivity contribution >= 4 is 23.5 Å². The predicted molar refractivity (Wildman–Crippen MR) is 108 cm³/mol. The van der Waals surface area contributed by atoms with E-state index in [1.165, 1.54) is 0 Å². The summed E-state index contributed by atoms with van der Waals surface area (Å²) in [5.74, 6) is 1.52. The summed E-state index contributed by atoms with van der Waals surface area (Å²) in [5, 5.41) is 3.49. The van der Waals surface area contributed by atoms with E-state index in [1.54, 1.807) is 12.0 Å². The second kappa shape index (κ2) is 8.22. The molecule has 0 spiro atoms. The maximum absolute atomic E-state index is 12.4. The molecule has 1 aliphatic rings. The monoisotopic (exact) mass is 404 g/mol. The Hall–Kier alpha value is -2.54. The Morgan fingerprint density at radius 1 is 1.25 bits per heavy atom. The molecule has 0 aliphatic carbocycles. The summed E-state index contributed by atoms with van der Waals surface area (Å²) in [6.45, 7) is 7.04. The standard InChI is InChI=1S/C20H25ClN4O3/c1-20(2,3)28-19(26)25-10-9-15-16(12-25)23-18(21)24-17(15)22-11-13-5-7-14(27-4)8-6-13/h5-8H,9-12H2,1-4H3,(H,22,23,24). The Bertz CT molecular complexity index is 850. The highest BCUT2D eigenvalue weighted by atomic mass is 35.5. The van der Waals surface area contributed by atoms with Gasteiger partial charge < -0.3 is 19.7 Å². The highest BCUT2D eigenvalue weighted by Gasteiger charge is 2.28. The van der Waals surface area contributed by atoms with Gasteiger partial charge >= 0.3 is 6.09 Å². The molecule has 0 unspecified atom stereocenters. The van der Waals surface area contributed by atoms with E-state index in [2.05, 4.69) is 15.3 Å². The van der Waals surface area contributed by atoms with Crippen LogP contribution in [0.2, 0.25) is 5.28 Å². The molecule has 0 radical (unpaired) electrons. The number of ether oxygens (including phenoxy) is 2. The first kappa shape index (κ1) is 20.2. The number of anilines is 1. The Kier molecular flexibility index (Phi) is 5.93. The lowest BCUT2D eigenvalue weighted by Gasteiger charge is -2.31. The average Bonchev–Trinajstić information content (AvgIpc) is 2.64. The molecule has 150 valence electrons. The molecule has 28 heavy (non-hydrogen) atoms. The van der Waals surface area contributed by atoms with Crippen LogP contribution in [0.25, 0.3) is 0 Å². The van der Waals surface area contributed by atoms with Crippen LogP contribution in [0.15, 0.2) is 24.3 Å². The number of halogens is 1. The number of rotatable bonds is 4. The molecule has 2 aromatic rings. The van der Waals surface area contributed by atoms with E-state index in [0.29, 0.717) is 31.9 Å². The molecule has 7 nitrogen and oxygen atoms in total.